The standard InChI is InChI=1S/C17H15F3N2O/c18-17(19,20)13-7-5-11(6-8-13)16(23)22-15-10-21-9-12-3-1-2-4-14(12)15/h1-8,15,21H,9-10H2,(H,22,23). The predicted molar refractivity (Wildman–Crippen MR) is 79.8 cm³/mol. The Bertz CT molecular complexity index is 711. The maximum absolute atomic E-state index is 12.5. The number of amides is 1. The predicted octanol–water partition coefficient (Wildman–Crippen LogP) is 3.28. The molecule has 1 unspecified atom stereocenters. The Morgan fingerprint density at radius 2 is 1.78 bits per heavy atom. The summed E-state index contributed by atoms with van der Waals surface area (Å²) >= 11 is 0. The van der Waals surface area contributed by atoms with Crippen molar-refractivity contribution in [3.63, 3.8) is 0 Å². The molecule has 1 aliphatic rings. The third-order valence-corrected chi connectivity index (χ3v) is 3.87. The summed E-state index contributed by atoms with van der Waals surface area (Å²) in [6, 6.07) is 11.8. The largest absolute Gasteiger partial charge is 0.416 e. The number of hydrogen-bond donors (Lipinski definition) is 2. The first-order valence-electron chi connectivity index (χ1n) is 7.22. The second-order valence-electron chi connectivity index (χ2n) is 5.43. The summed E-state index contributed by atoms with van der Waals surface area (Å²) in [5.41, 5.74) is 1.59. The summed E-state index contributed by atoms with van der Waals surface area (Å²) in [5, 5.41) is 6.08. The third kappa shape index (κ3) is 3.37. The van der Waals surface area contributed by atoms with Crippen molar-refractivity contribution in [2.75, 3.05) is 6.54 Å². The number of nitrogens with one attached hydrogen (secondary N) is 2. The summed E-state index contributed by atoms with van der Waals surface area (Å²) in [4.78, 5) is 12.3. The van der Waals surface area contributed by atoms with Crippen LogP contribution in [0.1, 0.15) is 33.1 Å². The number of alkyl halides is 3. The molecule has 0 fully saturated rings. The van der Waals surface area contributed by atoms with Gasteiger partial charge in [0.15, 0.2) is 0 Å². The van der Waals surface area contributed by atoms with Crippen LogP contribution in [-0.4, -0.2) is 12.5 Å². The van der Waals surface area contributed by atoms with E-state index >= 15 is 0 Å². The number of carbonyl (C=O) groups excluding carboxylic acids is 1. The van der Waals surface area contributed by atoms with Gasteiger partial charge in [0.05, 0.1) is 11.6 Å². The van der Waals surface area contributed by atoms with Crippen molar-refractivity contribution in [3.8, 4) is 0 Å². The van der Waals surface area contributed by atoms with Gasteiger partial charge in [-0.1, -0.05) is 24.3 Å². The van der Waals surface area contributed by atoms with E-state index in [1.165, 1.54) is 12.1 Å². The van der Waals surface area contributed by atoms with Gasteiger partial charge in [-0.05, 0) is 35.4 Å². The molecular weight excluding hydrogens is 305 g/mol. The zero-order valence-electron chi connectivity index (χ0n) is 12.2. The highest BCUT2D eigenvalue weighted by Crippen LogP contribution is 2.29. The Morgan fingerprint density at radius 3 is 2.48 bits per heavy atom. The van der Waals surface area contributed by atoms with E-state index in [0.717, 1.165) is 29.8 Å². The molecule has 3 nitrogen and oxygen atoms in total. The van der Waals surface area contributed by atoms with Crippen LogP contribution in [-0.2, 0) is 12.7 Å². The number of benzene rings is 2. The van der Waals surface area contributed by atoms with Gasteiger partial charge in [0.1, 0.15) is 0 Å². The normalized spacial score (nSPS) is 17.4. The molecule has 1 heterocycles. The van der Waals surface area contributed by atoms with Crippen molar-refractivity contribution in [2.45, 2.75) is 18.8 Å². The van der Waals surface area contributed by atoms with E-state index in [-0.39, 0.29) is 17.5 Å². The Labute approximate surface area is 131 Å². The van der Waals surface area contributed by atoms with Crippen LogP contribution in [0.25, 0.3) is 0 Å². The van der Waals surface area contributed by atoms with Gasteiger partial charge in [0.2, 0.25) is 0 Å². The van der Waals surface area contributed by atoms with Gasteiger partial charge in [0.25, 0.3) is 5.91 Å². The maximum Gasteiger partial charge on any atom is 0.416 e. The van der Waals surface area contributed by atoms with Crippen LogP contribution in [0.15, 0.2) is 48.5 Å². The van der Waals surface area contributed by atoms with Crippen molar-refractivity contribution in [1.29, 1.82) is 0 Å². The van der Waals surface area contributed by atoms with Crippen LogP contribution in [0.4, 0.5) is 13.2 Å². The van der Waals surface area contributed by atoms with Crippen molar-refractivity contribution in [3.05, 3.63) is 70.8 Å². The SMILES string of the molecule is O=C(NC1CNCc2ccccc21)c1ccc(C(F)(F)F)cc1. The van der Waals surface area contributed by atoms with Crippen molar-refractivity contribution in [1.82, 2.24) is 10.6 Å². The van der Waals surface area contributed by atoms with Gasteiger partial charge < -0.3 is 10.6 Å². The number of hydrogen-bond acceptors (Lipinski definition) is 2. The van der Waals surface area contributed by atoms with Crippen LogP contribution in [0.3, 0.4) is 0 Å². The molecule has 3 rings (SSSR count). The molecule has 0 saturated carbocycles. The number of fused-ring (bicyclic) bond motifs is 1. The second-order valence-corrected chi connectivity index (χ2v) is 5.43. The zero-order valence-corrected chi connectivity index (χ0v) is 12.2. The van der Waals surface area contributed by atoms with Crippen LogP contribution < -0.4 is 10.6 Å². The summed E-state index contributed by atoms with van der Waals surface area (Å²) < 4.78 is 37.6. The Morgan fingerprint density at radius 1 is 1.09 bits per heavy atom. The quantitative estimate of drug-likeness (QED) is 0.891. The zero-order chi connectivity index (χ0) is 16.4. The van der Waals surface area contributed by atoms with Crippen molar-refractivity contribution in [2.24, 2.45) is 0 Å². The van der Waals surface area contributed by atoms with E-state index < -0.39 is 11.7 Å². The minimum absolute atomic E-state index is 0.199. The summed E-state index contributed by atoms with van der Waals surface area (Å²) in [5.74, 6) is -0.387. The third-order valence-electron chi connectivity index (χ3n) is 3.87. The molecule has 2 N–H and O–H groups in total. The van der Waals surface area contributed by atoms with E-state index in [1.807, 2.05) is 24.3 Å². The fourth-order valence-corrected chi connectivity index (χ4v) is 2.68. The number of halogens is 3. The highest BCUT2D eigenvalue weighted by Gasteiger charge is 2.30. The molecule has 0 spiro atoms. The molecule has 120 valence electrons. The molecule has 0 radical (unpaired) electrons. The lowest BCUT2D eigenvalue weighted by Crippen LogP contribution is -2.39. The Kier molecular flexibility index (Phi) is 4.09. The molecule has 0 aliphatic carbocycles. The lowest BCUT2D eigenvalue weighted by Gasteiger charge is -2.27. The average Bonchev–Trinajstić information content (AvgIpc) is 2.54. The minimum Gasteiger partial charge on any atom is -0.344 e. The van der Waals surface area contributed by atoms with Gasteiger partial charge in [-0.15, -0.1) is 0 Å². The van der Waals surface area contributed by atoms with Crippen LogP contribution >= 0.6 is 0 Å². The van der Waals surface area contributed by atoms with E-state index in [4.69, 9.17) is 0 Å². The minimum atomic E-state index is -4.40. The van der Waals surface area contributed by atoms with Gasteiger partial charge in [-0.3, -0.25) is 4.79 Å². The molecule has 0 aromatic heterocycles. The Hall–Kier alpha value is -2.34. The van der Waals surface area contributed by atoms with Gasteiger partial charge >= 0.3 is 6.18 Å². The molecule has 1 atom stereocenters. The molecule has 1 aliphatic heterocycles. The topological polar surface area (TPSA) is 41.1 Å². The monoisotopic (exact) mass is 320 g/mol. The smallest absolute Gasteiger partial charge is 0.344 e. The molecule has 1 amide bonds. The average molecular weight is 320 g/mol. The molecule has 2 aromatic carbocycles. The summed E-state index contributed by atoms with van der Waals surface area (Å²) in [6.45, 7) is 1.33. The van der Waals surface area contributed by atoms with Gasteiger partial charge in [0, 0.05) is 18.7 Å². The highest BCUT2D eigenvalue weighted by atomic mass is 19.4. The molecule has 0 bridgehead atoms. The summed E-state index contributed by atoms with van der Waals surface area (Å²) in [6.07, 6.45) is -4.40. The first-order chi connectivity index (χ1) is 10.9. The van der Waals surface area contributed by atoms with Crippen LogP contribution in [0, 0.1) is 0 Å². The lowest BCUT2D eigenvalue weighted by molar-refractivity contribution is -0.137. The fourth-order valence-electron chi connectivity index (χ4n) is 2.68. The molecule has 6 heteroatoms. The molecule has 23 heavy (non-hydrogen) atoms. The van der Waals surface area contributed by atoms with Gasteiger partial charge in [-0.2, -0.15) is 13.2 Å². The fraction of sp³-hybridized carbons (Fsp3) is 0.235. The van der Waals surface area contributed by atoms with Crippen LogP contribution in [0.2, 0.25) is 0 Å². The van der Waals surface area contributed by atoms with E-state index in [0.29, 0.717) is 6.54 Å². The van der Waals surface area contributed by atoms with E-state index in [2.05, 4.69) is 10.6 Å². The van der Waals surface area contributed by atoms with E-state index in [1.54, 1.807) is 0 Å². The molecular formula is C17H15F3N2O. The van der Waals surface area contributed by atoms with Crippen molar-refractivity contribution < 1.29 is 18.0 Å². The van der Waals surface area contributed by atoms with Crippen LogP contribution in [0.5, 0.6) is 0 Å². The molecule has 2 aromatic rings. The number of rotatable bonds is 2. The Balaban J connectivity index is 1.75. The van der Waals surface area contributed by atoms with Crippen molar-refractivity contribution >= 4 is 5.91 Å². The second kappa shape index (κ2) is 6.04. The summed E-state index contributed by atoms with van der Waals surface area (Å²) in [7, 11) is 0. The lowest BCUT2D eigenvalue weighted by atomic mass is 9.96. The molecule has 0 saturated heterocycles. The first-order valence-corrected chi connectivity index (χ1v) is 7.22. The van der Waals surface area contributed by atoms with Gasteiger partial charge in [-0.25, -0.2) is 0 Å². The first kappa shape index (κ1) is 15.6. The van der Waals surface area contributed by atoms with E-state index in [9.17, 15) is 18.0 Å². The highest BCUT2D eigenvalue weighted by molar-refractivity contribution is 5.94. The maximum atomic E-state index is 12.5. The number of carbonyl (C=O) groups is 1.